The van der Waals surface area contributed by atoms with Gasteiger partial charge in [-0.05, 0) is 12.8 Å². The van der Waals surface area contributed by atoms with Gasteiger partial charge in [0.2, 0.25) is 0 Å². The van der Waals surface area contributed by atoms with Gasteiger partial charge in [0.25, 0.3) is 0 Å². The average molecular weight is 228 g/mol. The number of hydrogen-bond acceptors (Lipinski definition) is 5. The van der Waals surface area contributed by atoms with E-state index in [4.69, 9.17) is 4.74 Å². The molecule has 0 heterocycles. The number of ether oxygens (including phenoxy) is 2. The summed E-state index contributed by atoms with van der Waals surface area (Å²) in [5.74, 6) is -1.07. The van der Waals surface area contributed by atoms with Crippen LogP contribution in [-0.4, -0.2) is 36.4 Å². The highest BCUT2D eigenvalue weighted by Crippen LogP contribution is 1.99. The van der Waals surface area contributed by atoms with Gasteiger partial charge in [-0.15, -0.1) is 0 Å². The topological polar surface area (TPSA) is 72.8 Å². The first kappa shape index (κ1) is 14.4. The number of hydrogen-bond donors (Lipinski definition) is 1. The molecule has 0 aromatic carbocycles. The molecular formula is C11H16O5. The molecule has 0 aliphatic carbocycles. The van der Waals surface area contributed by atoms with Gasteiger partial charge in [0.1, 0.15) is 6.61 Å². The largest absolute Gasteiger partial charge is 0.463 e. The number of rotatable bonds is 8. The molecule has 0 aliphatic heterocycles. The standard InChI is InChI=1S/C11H16O5/c1-3-10(13)15-7-5-6-9(12)8-16-11(14)4-2/h3-4,9,12H,1-2,5-8H2. The lowest BCUT2D eigenvalue weighted by molar-refractivity contribution is -0.140. The predicted octanol–water partition coefficient (Wildman–Crippen LogP) is 0.586. The molecule has 1 unspecified atom stereocenters. The molecule has 0 aromatic rings. The van der Waals surface area contributed by atoms with E-state index in [1.807, 2.05) is 0 Å². The van der Waals surface area contributed by atoms with Crippen molar-refractivity contribution in [1.29, 1.82) is 0 Å². The SMILES string of the molecule is C=CC(=O)OCCCC(O)COC(=O)C=C. The van der Waals surface area contributed by atoms with E-state index in [0.29, 0.717) is 12.8 Å². The van der Waals surface area contributed by atoms with E-state index in [1.165, 1.54) is 0 Å². The number of carbonyl (C=O) groups is 2. The third-order valence-electron chi connectivity index (χ3n) is 1.68. The molecule has 5 heteroatoms. The minimum atomic E-state index is -0.758. The van der Waals surface area contributed by atoms with E-state index in [2.05, 4.69) is 17.9 Å². The second-order valence-electron chi connectivity index (χ2n) is 3.00. The molecule has 0 aliphatic rings. The quantitative estimate of drug-likeness (QED) is 0.374. The van der Waals surface area contributed by atoms with Gasteiger partial charge in [0.05, 0.1) is 12.7 Å². The van der Waals surface area contributed by atoms with E-state index in [0.717, 1.165) is 12.2 Å². The Morgan fingerprint density at radius 3 is 2.31 bits per heavy atom. The van der Waals surface area contributed by atoms with Crippen LogP contribution in [0.25, 0.3) is 0 Å². The molecule has 16 heavy (non-hydrogen) atoms. The smallest absolute Gasteiger partial charge is 0.330 e. The van der Waals surface area contributed by atoms with Gasteiger partial charge >= 0.3 is 11.9 Å². The Kier molecular flexibility index (Phi) is 7.79. The Labute approximate surface area is 94.4 Å². The maximum Gasteiger partial charge on any atom is 0.330 e. The van der Waals surface area contributed by atoms with Crippen molar-refractivity contribution in [2.45, 2.75) is 18.9 Å². The average Bonchev–Trinajstić information content (AvgIpc) is 2.31. The highest BCUT2D eigenvalue weighted by Gasteiger charge is 2.07. The van der Waals surface area contributed by atoms with Crippen molar-refractivity contribution in [3.05, 3.63) is 25.3 Å². The fourth-order valence-corrected chi connectivity index (χ4v) is 0.871. The monoisotopic (exact) mass is 228 g/mol. The molecular weight excluding hydrogens is 212 g/mol. The zero-order valence-electron chi connectivity index (χ0n) is 9.05. The van der Waals surface area contributed by atoms with Crippen LogP contribution in [0.3, 0.4) is 0 Å². The van der Waals surface area contributed by atoms with Crippen LogP contribution < -0.4 is 0 Å². The van der Waals surface area contributed by atoms with E-state index < -0.39 is 18.0 Å². The van der Waals surface area contributed by atoms with Crippen molar-refractivity contribution >= 4 is 11.9 Å². The summed E-state index contributed by atoms with van der Waals surface area (Å²) < 4.78 is 9.32. The lowest BCUT2D eigenvalue weighted by Crippen LogP contribution is -2.18. The molecule has 0 bridgehead atoms. The molecule has 0 radical (unpaired) electrons. The van der Waals surface area contributed by atoms with Crippen LogP contribution in [-0.2, 0) is 19.1 Å². The summed E-state index contributed by atoms with van der Waals surface area (Å²) in [6.07, 6.45) is 2.22. The second kappa shape index (κ2) is 8.67. The molecule has 1 atom stereocenters. The van der Waals surface area contributed by atoms with Gasteiger partial charge in [0, 0.05) is 12.2 Å². The second-order valence-corrected chi connectivity index (χ2v) is 3.00. The summed E-state index contributed by atoms with van der Waals surface area (Å²) in [6, 6.07) is 0. The Balaban J connectivity index is 3.46. The third-order valence-corrected chi connectivity index (χ3v) is 1.68. The van der Waals surface area contributed by atoms with Crippen molar-refractivity contribution in [3.63, 3.8) is 0 Å². The predicted molar refractivity (Wildman–Crippen MR) is 57.6 cm³/mol. The summed E-state index contributed by atoms with van der Waals surface area (Å²) in [4.78, 5) is 21.3. The normalized spacial score (nSPS) is 11.3. The summed E-state index contributed by atoms with van der Waals surface area (Å²) in [5.41, 5.74) is 0. The van der Waals surface area contributed by atoms with Crippen molar-refractivity contribution in [3.8, 4) is 0 Å². The molecule has 1 N–H and O–H groups in total. The minimum Gasteiger partial charge on any atom is -0.463 e. The number of esters is 2. The summed E-state index contributed by atoms with van der Waals surface area (Å²) in [5, 5.41) is 9.34. The van der Waals surface area contributed by atoms with E-state index >= 15 is 0 Å². The molecule has 0 rings (SSSR count). The number of aliphatic hydroxyl groups excluding tert-OH is 1. The minimum absolute atomic E-state index is 0.0831. The lowest BCUT2D eigenvalue weighted by atomic mass is 10.2. The fourth-order valence-electron chi connectivity index (χ4n) is 0.871. The zero-order chi connectivity index (χ0) is 12.4. The molecule has 0 spiro atoms. The van der Waals surface area contributed by atoms with Crippen molar-refractivity contribution < 1.29 is 24.2 Å². The van der Waals surface area contributed by atoms with Crippen LogP contribution in [0.4, 0.5) is 0 Å². The maximum atomic E-state index is 10.6. The van der Waals surface area contributed by atoms with Gasteiger partial charge in [-0.25, -0.2) is 9.59 Å². The molecule has 0 aromatic heterocycles. The molecule has 5 nitrogen and oxygen atoms in total. The van der Waals surface area contributed by atoms with Gasteiger partial charge in [-0.3, -0.25) is 0 Å². The molecule has 0 saturated heterocycles. The van der Waals surface area contributed by atoms with Gasteiger partial charge in [-0.2, -0.15) is 0 Å². The number of carbonyl (C=O) groups excluding carboxylic acids is 2. The van der Waals surface area contributed by atoms with E-state index in [1.54, 1.807) is 0 Å². The van der Waals surface area contributed by atoms with Crippen LogP contribution in [0.15, 0.2) is 25.3 Å². The van der Waals surface area contributed by atoms with Gasteiger partial charge < -0.3 is 14.6 Å². The Morgan fingerprint density at radius 2 is 1.75 bits per heavy atom. The molecule has 0 amide bonds. The zero-order valence-corrected chi connectivity index (χ0v) is 9.05. The third kappa shape index (κ3) is 7.75. The lowest BCUT2D eigenvalue weighted by Gasteiger charge is -2.09. The van der Waals surface area contributed by atoms with E-state index in [9.17, 15) is 14.7 Å². The van der Waals surface area contributed by atoms with Gasteiger partial charge in [-0.1, -0.05) is 13.2 Å². The van der Waals surface area contributed by atoms with Crippen molar-refractivity contribution in [1.82, 2.24) is 0 Å². The van der Waals surface area contributed by atoms with Crippen LogP contribution in [0, 0.1) is 0 Å². The fraction of sp³-hybridized carbons (Fsp3) is 0.455. The van der Waals surface area contributed by atoms with Crippen molar-refractivity contribution in [2.24, 2.45) is 0 Å². The Morgan fingerprint density at radius 1 is 1.19 bits per heavy atom. The molecule has 90 valence electrons. The first-order chi connectivity index (χ1) is 7.60. The van der Waals surface area contributed by atoms with E-state index in [-0.39, 0.29) is 13.2 Å². The first-order valence-corrected chi connectivity index (χ1v) is 4.86. The summed E-state index contributed by atoms with van der Waals surface area (Å²) >= 11 is 0. The Bertz CT molecular complexity index is 259. The first-order valence-electron chi connectivity index (χ1n) is 4.86. The van der Waals surface area contributed by atoms with Crippen molar-refractivity contribution in [2.75, 3.05) is 13.2 Å². The van der Waals surface area contributed by atoms with Crippen LogP contribution in [0.2, 0.25) is 0 Å². The maximum absolute atomic E-state index is 10.6. The van der Waals surface area contributed by atoms with Crippen LogP contribution in [0.5, 0.6) is 0 Å². The highest BCUT2D eigenvalue weighted by molar-refractivity contribution is 5.81. The summed E-state index contributed by atoms with van der Waals surface area (Å²) in [6.45, 7) is 6.58. The molecule has 0 fully saturated rings. The molecule has 0 saturated carbocycles. The highest BCUT2D eigenvalue weighted by atomic mass is 16.5. The summed E-state index contributed by atoms with van der Waals surface area (Å²) in [7, 11) is 0. The van der Waals surface area contributed by atoms with Crippen LogP contribution >= 0.6 is 0 Å². The number of aliphatic hydroxyl groups is 1. The van der Waals surface area contributed by atoms with Gasteiger partial charge in [0.15, 0.2) is 0 Å². The Hall–Kier alpha value is -1.62. The van der Waals surface area contributed by atoms with Crippen LogP contribution in [0.1, 0.15) is 12.8 Å².